The summed E-state index contributed by atoms with van der Waals surface area (Å²) in [5, 5.41) is 13.6. The largest absolute Gasteiger partial charge is 0.341 e. The summed E-state index contributed by atoms with van der Waals surface area (Å²) in [5.74, 6) is -0.826. The van der Waals surface area contributed by atoms with Gasteiger partial charge in [0.1, 0.15) is 5.92 Å². The number of amides is 3. The molecule has 2 aromatic carbocycles. The molecule has 3 N–H and O–H groups in total. The van der Waals surface area contributed by atoms with E-state index < -0.39 is 18.0 Å². The van der Waals surface area contributed by atoms with E-state index in [1.54, 1.807) is 13.1 Å². The summed E-state index contributed by atoms with van der Waals surface area (Å²) >= 11 is 0. The highest BCUT2D eigenvalue weighted by molar-refractivity contribution is 6.13. The minimum atomic E-state index is -0.604. The van der Waals surface area contributed by atoms with E-state index in [0.29, 0.717) is 11.4 Å². The molecule has 0 fully saturated rings. The maximum Gasteiger partial charge on any atom is 0.341 e. The van der Waals surface area contributed by atoms with E-state index in [2.05, 4.69) is 25.8 Å². The standard InChI is InChI=1S/C22H21N5O2/c1-13(10-15-6-4-3-5-7-15)20-19(14(2)24-22(29)26-20)21(28)25-17-8-9-18-16(11-17)12-23-27-18/h3-12,19-20H,1-2H3,(H,23,27)(H,25,28)(H,26,29). The summed E-state index contributed by atoms with van der Waals surface area (Å²) in [6.45, 7) is 3.62. The molecule has 1 aliphatic rings. The van der Waals surface area contributed by atoms with Crippen LogP contribution >= 0.6 is 0 Å². The van der Waals surface area contributed by atoms with E-state index >= 15 is 0 Å². The van der Waals surface area contributed by atoms with E-state index in [4.69, 9.17) is 0 Å². The van der Waals surface area contributed by atoms with Crippen LogP contribution < -0.4 is 10.6 Å². The highest BCUT2D eigenvalue weighted by atomic mass is 16.2. The zero-order valence-electron chi connectivity index (χ0n) is 16.1. The Balaban J connectivity index is 1.62. The average Bonchev–Trinajstić information content (AvgIpc) is 3.16. The third-order valence-electron chi connectivity index (χ3n) is 5.01. The second-order valence-electron chi connectivity index (χ2n) is 7.12. The van der Waals surface area contributed by atoms with Crippen molar-refractivity contribution < 1.29 is 9.59 Å². The first-order chi connectivity index (χ1) is 14.0. The second kappa shape index (κ2) is 7.71. The SMILES string of the molecule is CC(=Cc1ccccc1)C1NC(=O)N=C(C)C1C(=O)Nc1ccc2[nH]ncc2c1. The zero-order valence-corrected chi connectivity index (χ0v) is 16.1. The Bertz CT molecular complexity index is 1130. The Morgan fingerprint density at radius 3 is 2.76 bits per heavy atom. The van der Waals surface area contributed by atoms with Gasteiger partial charge < -0.3 is 10.6 Å². The summed E-state index contributed by atoms with van der Waals surface area (Å²) in [5.41, 5.74) is 3.93. The third-order valence-corrected chi connectivity index (χ3v) is 5.01. The molecule has 0 saturated heterocycles. The van der Waals surface area contributed by atoms with Crippen molar-refractivity contribution in [2.75, 3.05) is 5.32 Å². The molecular formula is C22H21N5O2. The molecule has 0 bridgehead atoms. The van der Waals surface area contributed by atoms with Crippen LogP contribution in [-0.2, 0) is 4.79 Å². The number of carbonyl (C=O) groups is 2. The molecule has 146 valence electrons. The first kappa shape index (κ1) is 18.6. The lowest BCUT2D eigenvalue weighted by Gasteiger charge is -2.31. The van der Waals surface area contributed by atoms with Crippen LogP contribution in [0.15, 0.2) is 65.3 Å². The molecule has 0 radical (unpaired) electrons. The van der Waals surface area contributed by atoms with Gasteiger partial charge in [0.25, 0.3) is 0 Å². The van der Waals surface area contributed by atoms with E-state index in [1.165, 1.54) is 0 Å². The van der Waals surface area contributed by atoms with Crippen molar-refractivity contribution in [3.05, 3.63) is 65.9 Å². The Labute approximate surface area is 167 Å². The summed E-state index contributed by atoms with van der Waals surface area (Å²) < 4.78 is 0. The number of H-pyrrole nitrogens is 1. The lowest BCUT2D eigenvalue weighted by Crippen LogP contribution is -2.51. The molecule has 0 aliphatic carbocycles. The number of aliphatic imine (C=N–C) groups is 1. The van der Waals surface area contributed by atoms with Crippen LogP contribution in [0.3, 0.4) is 0 Å². The van der Waals surface area contributed by atoms with Crippen LogP contribution in [-0.4, -0.2) is 33.9 Å². The minimum Gasteiger partial charge on any atom is -0.329 e. The van der Waals surface area contributed by atoms with E-state index in [1.807, 2.05) is 61.5 Å². The number of hydrogen-bond acceptors (Lipinski definition) is 3. The summed E-state index contributed by atoms with van der Waals surface area (Å²) in [7, 11) is 0. The lowest BCUT2D eigenvalue weighted by atomic mass is 9.87. The molecule has 29 heavy (non-hydrogen) atoms. The predicted octanol–water partition coefficient (Wildman–Crippen LogP) is 3.77. The smallest absolute Gasteiger partial charge is 0.329 e. The first-order valence-electron chi connectivity index (χ1n) is 9.34. The maximum atomic E-state index is 13.1. The molecule has 2 unspecified atom stereocenters. The van der Waals surface area contributed by atoms with E-state index in [0.717, 1.165) is 22.0 Å². The molecule has 0 saturated carbocycles. The Morgan fingerprint density at radius 1 is 1.17 bits per heavy atom. The fourth-order valence-electron chi connectivity index (χ4n) is 3.58. The number of anilines is 1. The topological polar surface area (TPSA) is 99.2 Å². The molecule has 2 heterocycles. The fourth-order valence-corrected chi connectivity index (χ4v) is 3.58. The van der Waals surface area contributed by atoms with Gasteiger partial charge in [0.15, 0.2) is 0 Å². The van der Waals surface area contributed by atoms with Crippen LogP contribution in [0.1, 0.15) is 19.4 Å². The Kier molecular flexibility index (Phi) is 4.95. The number of aromatic nitrogens is 2. The number of fused-ring (bicyclic) bond motifs is 1. The number of nitrogens with zero attached hydrogens (tertiary/aromatic N) is 2. The minimum absolute atomic E-state index is 0.222. The van der Waals surface area contributed by atoms with Crippen molar-refractivity contribution in [1.29, 1.82) is 0 Å². The third kappa shape index (κ3) is 3.94. The molecule has 3 amide bonds. The van der Waals surface area contributed by atoms with Gasteiger partial charge in [-0.15, -0.1) is 0 Å². The number of rotatable bonds is 4. The van der Waals surface area contributed by atoms with Gasteiger partial charge in [0, 0.05) is 16.8 Å². The Hall–Kier alpha value is -3.74. The maximum absolute atomic E-state index is 13.1. The van der Waals surface area contributed by atoms with Crippen molar-refractivity contribution >= 4 is 40.3 Å². The van der Waals surface area contributed by atoms with Crippen molar-refractivity contribution in [3.8, 4) is 0 Å². The van der Waals surface area contributed by atoms with E-state index in [9.17, 15) is 9.59 Å². The van der Waals surface area contributed by atoms with Crippen LogP contribution in [0.25, 0.3) is 17.0 Å². The summed E-state index contributed by atoms with van der Waals surface area (Å²) in [4.78, 5) is 29.1. The highest BCUT2D eigenvalue weighted by Crippen LogP contribution is 2.24. The molecule has 7 heteroatoms. The monoisotopic (exact) mass is 387 g/mol. The van der Waals surface area contributed by atoms with Gasteiger partial charge in [-0.05, 0) is 43.2 Å². The van der Waals surface area contributed by atoms with Crippen LogP contribution in [0, 0.1) is 5.92 Å². The van der Waals surface area contributed by atoms with Gasteiger partial charge in [0.05, 0.1) is 17.8 Å². The summed E-state index contributed by atoms with van der Waals surface area (Å²) in [6.07, 6.45) is 3.68. The van der Waals surface area contributed by atoms with Gasteiger partial charge in [-0.1, -0.05) is 36.4 Å². The molecule has 0 spiro atoms. The van der Waals surface area contributed by atoms with Crippen molar-refractivity contribution in [2.45, 2.75) is 19.9 Å². The number of hydrogen-bond donors (Lipinski definition) is 3. The number of nitrogens with one attached hydrogen (secondary N) is 3. The molecule has 3 aromatic rings. The molecule has 7 nitrogen and oxygen atoms in total. The second-order valence-corrected chi connectivity index (χ2v) is 7.12. The van der Waals surface area contributed by atoms with Gasteiger partial charge in [-0.3, -0.25) is 9.89 Å². The quantitative estimate of drug-likeness (QED) is 0.635. The van der Waals surface area contributed by atoms with E-state index in [-0.39, 0.29) is 5.91 Å². The number of benzene rings is 2. The van der Waals surface area contributed by atoms with Gasteiger partial charge in [-0.25, -0.2) is 9.79 Å². The normalized spacial score (nSPS) is 19.6. The van der Waals surface area contributed by atoms with Crippen LogP contribution in [0.2, 0.25) is 0 Å². The highest BCUT2D eigenvalue weighted by Gasteiger charge is 2.36. The molecule has 2 atom stereocenters. The molecule has 1 aliphatic heterocycles. The van der Waals surface area contributed by atoms with Crippen molar-refractivity contribution in [1.82, 2.24) is 15.5 Å². The molecule has 4 rings (SSSR count). The first-order valence-corrected chi connectivity index (χ1v) is 9.34. The van der Waals surface area contributed by atoms with Crippen LogP contribution in [0.4, 0.5) is 10.5 Å². The number of urea groups is 1. The lowest BCUT2D eigenvalue weighted by molar-refractivity contribution is -0.118. The van der Waals surface area contributed by atoms with Gasteiger partial charge >= 0.3 is 6.03 Å². The van der Waals surface area contributed by atoms with Crippen molar-refractivity contribution in [3.63, 3.8) is 0 Å². The summed E-state index contributed by atoms with van der Waals surface area (Å²) in [6, 6.07) is 14.4. The number of carbonyl (C=O) groups excluding carboxylic acids is 2. The van der Waals surface area contributed by atoms with Gasteiger partial charge in [0.2, 0.25) is 5.91 Å². The average molecular weight is 387 g/mol. The van der Waals surface area contributed by atoms with Crippen LogP contribution in [0.5, 0.6) is 0 Å². The predicted molar refractivity (Wildman–Crippen MR) is 114 cm³/mol. The number of aromatic amines is 1. The van der Waals surface area contributed by atoms with Gasteiger partial charge in [-0.2, -0.15) is 5.10 Å². The zero-order chi connectivity index (χ0) is 20.4. The van der Waals surface area contributed by atoms with Crippen molar-refractivity contribution in [2.24, 2.45) is 10.9 Å². The molecular weight excluding hydrogens is 366 g/mol. The Morgan fingerprint density at radius 2 is 1.97 bits per heavy atom. The fraction of sp³-hybridized carbons (Fsp3) is 0.182. The molecule has 1 aromatic heterocycles.